The van der Waals surface area contributed by atoms with Gasteiger partial charge in [0.2, 0.25) is 0 Å². The Hall–Kier alpha value is -0.450. The number of ketones is 1. The molecule has 4 aliphatic carbocycles. The molecular weight excluding hydrogens is 314 g/mol. The number of hydrogen-bond donors (Lipinski definition) is 2. The molecule has 0 spiro atoms. The quantitative estimate of drug-likeness (QED) is 0.715. The summed E-state index contributed by atoms with van der Waals surface area (Å²) in [5, 5.41) is 22.3. The van der Waals surface area contributed by atoms with Crippen LogP contribution in [0.15, 0.2) is 0 Å². The minimum absolute atomic E-state index is 0.107. The van der Waals surface area contributed by atoms with Crippen molar-refractivity contribution in [1.29, 1.82) is 0 Å². The summed E-state index contributed by atoms with van der Waals surface area (Å²) in [5.41, 5.74) is -0.987. The zero-order valence-electron chi connectivity index (χ0n) is 15.7. The molecule has 0 amide bonds. The summed E-state index contributed by atoms with van der Waals surface area (Å²) in [4.78, 5) is 15.0. The molecule has 5 aliphatic rings. The van der Waals surface area contributed by atoms with Crippen LogP contribution in [-0.4, -0.2) is 51.7 Å². The lowest BCUT2D eigenvalue weighted by Crippen LogP contribution is -2.70. The van der Waals surface area contributed by atoms with Crippen LogP contribution in [0.2, 0.25) is 0 Å². The molecule has 8 atom stereocenters. The normalized spacial score (nSPS) is 58.4. The highest BCUT2D eigenvalue weighted by atomic mass is 16.3. The van der Waals surface area contributed by atoms with E-state index in [0.717, 1.165) is 58.0 Å². The van der Waals surface area contributed by atoms with Gasteiger partial charge in [-0.1, -0.05) is 13.8 Å². The highest BCUT2D eigenvalue weighted by Crippen LogP contribution is 2.67. The van der Waals surface area contributed by atoms with E-state index in [1.54, 1.807) is 0 Å². The van der Waals surface area contributed by atoms with E-state index in [1.165, 1.54) is 0 Å². The second kappa shape index (κ2) is 5.08. The summed E-state index contributed by atoms with van der Waals surface area (Å²) in [6.07, 6.45) is 6.83. The minimum Gasteiger partial charge on any atom is -0.393 e. The smallest absolute Gasteiger partial charge is 0.139 e. The number of fused-ring (bicyclic) bond motifs is 5. The number of aliphatic hydroxyl groups excluding tert-OH is 1. The third-order valence-corrected chi connectivity index (χ3v) is 9.47. The zero-order valence-corrected chi connectivity index (χ0v) is 15.7. The Morgan fingerprint density at radius 3 is 2.56 bits per heavy atom. The van der Waals surface area contributed by atoms with E-state index in [9.17, 15) is 15.0 Å². The molecular formula is C21H33NO3. The molecule has 0 unspecified atom stereocenters. The molecule has 1 saturated heterocycles. The average Bonchev–Trinajstić information content (AvgIpc) is 3.34. The minimum atomic E-state index is -0.765. The van der Waals surface area contributed by atoms with Crippen LogP contribution in [0.25, 0.3) is 0 Å². The van der Waals surface area contributed by atoms with Crippen molar-refractivity contribution >= 4 is 5.78 Å². The second-order valence-corrected chi connectivity index (χ2v) is 10.3. The van der Waals surface area contributed by atoms with Crippen molar-refractivity contribution in [2.24, 2.45) is 28.6 Å². The van der Waals surface area contributed by atoms with Gasteiger partial charge in [-0.05, 0) is 56.3 Å². The van der Waals surface area contributed by atoms with E-state index in [-0.39, 0.29) is 23.0 Å². The summed E-state index contributed by atoms with van der Waals surface area (Å²) in [7, 11) is 0. The molecule has 5 fully saturated rings. The molecule has 4 nitrogen and oxygen atoms in total. The van der Waals surface area contributed by atoms with Crippen LogP contribution >= 0.6 is 0 Å². The molecule has 5 rings (SSSR count). The molecule has 4 saturated carbocycles. The molecule has 0 radical (unpaired) electrons. The maximum Gasteiger partial charge on any atom is 0.139 e. The Morgan fingerprint density at radius 1 is 1.08 bits per heavy atom. The monoisotopic (exact) mass is 347 g/mol. The Labute approximate surface area is 151 Å². The first-order valence-corrected chi connectivity index (χ1v) is 10.5. The van der Waals surface area contributed by atoms with Crippen molar-refractivity contribution in [3.8, 4) is 0 Å². The van der Waals surface area contributed by atoms with Crippen LogP contribution in [0.3, 0.4) is 0 Å². The van der Waals surface area contributed by atoms with Gasteiger partial charge < -0.3 is 10.2 Å². The Bertz CT molecular complexity index is 604. The van der Waals surface area contributed by atoms with Crippen molar-refractivity contribution in [2.75, 3.05) is 13.1 Å². The molecule has 4 heteroatoms. The molecule has 0 aromatic heterocycles. The lowest BCUT2D eigenvalue weighted by atomic mass is 9.42. The first kappa shape index (κ1) is 16.7. The largest absolute Gasteiger partial charge is 0.393 e. The predicted octanol–water partition coefficient (Wildman–Crippen LogP) is 2.37. The fourth-order valence-electron chi connectivity index (χ4n) is 7.85. The molecule has 2 N–H and O–H groups in total. The molecule has 0 aromatic rings. The van der Waals surface area contributed by atoms with Crippen LogP contribution in [-0.2, 0) is 4.79 Å². The second-order valence-electron chi connectivity index (χ2n) is 10.3. The molecule has 0 aromatic carbocycles. The van der Waals surface area contributed by atoms with E-state index in [1.807, 2.05) is 0 Å². The number of aliphatic hydroxyl groups is 2. The predicted molar refractivity (Wildman–Crippen MR) is 94.9 cm³/mol. The summed E-state index contributed by atoms with van der Waals surface area (Å²) < 4.78 is 0. The van der Waals surface area contributed by atoms with Gasteiger partial charge in [-0.2, -0.15) is 0 Å². The standard InChI is InChI=1S/C21H33NO3/c1-19-7-6-16-14(15(19)3-4-18(19)24)11-17(22-9-10-22)21(25)12-13(23)5-8-20(16,21)2/h13-17,23,25H,3-12H2,1-2H3/t13-,14-,15-,16-,17+,19-,20+,21-/m0/s1. The van der Waals surface area contributed by atoms with Crippen molar-refractivity contribution < 1.29 is 15.0 Å². The summed E-state index contributed by atoms with van der Waals surface area (Å²) in [6, 6.07) is 0.173. The summed E-state index contributed by atoms with van der Waals surface area (Å²) >= 11 is 0. The third kappa shape index (κ3) is 2.02. The van der Waals surface area contributed by atoms with E-state index >= 15 is 0 Å². The Morgan fingerprint density at radius 2 is 1.84 bits per heavy atom. The Balaban J connectivity index is 1.56. The number of rotatable bonds is 1. The fraction of sp³-hybridized carbons (Fsp3) is 0.952. The van der Waals surface area contributed by atoms with Crippen LogP contribution in [0.4, 0.5) is 0 Å². The first-order valence-electron chi connectivity index (χ1n) is 10.5. The van der Waals surface area contributed by atoms with Gasteiger partial charge in [0, 0.05) is 42.8 Å². The maximum absolute atomic E-state index is 12.6. The molecule has 0 bridgehead atoms. The summed E-state index contributed by atoms with van der Waals surface area (Å²) in [5.74, 6) is 2.07. The number of nitrogens with zero attached hydrogens (tertiary/aromatic N) is 1. The average molecular weight is 347 g/mol. The van der Waals surface area contributed by atoms with Crippen molar-refractivity contribution in [2.45, 2.75) is 83.0 Å². The SMILES string of the molecule is C[C@]12CC[C@H]3[C@@H](C[C@@H](N4CC4)[C@@]4(O)C[C@@H](O)CC[C@]34C)[C@@H]1CCC2=O. The molecule has 1 aliphatic heterocycles. The number of carbonyl (C=O) groups is 1. The van der Waals surface area contributed by atoms with E-state index < -0.39 is 5.60 Å². The highest BCUT2D eigenvalue weighted by Gasteiger charge is 2.68. The zero-order chi connectivity index (χ0) is 17.6. The topological polar surface area (TPSA) is 60.5 Å². The number of carbonyl (C=O) groups excluding carboxylic acids is 1. The summed E-state index contributed by atoms with van der Waals surface area (Å²) in [6.45, 7) is 6.70. The van der Waals surface area contributed by atoms with Crippen LogP contribution in [0.1, 0.15) is 65.2 Å². The molecule has 25 heavy (non-hydrogen) atoms. The highest BCUT2D eigenvalue weighted by molar-refractivity contribution is 5.87. The van der Waals surface area contributed by atoms with Gasteiger partial charge in [0.15, 0.2) is 0 Å². The Kier molecular flexibility index (Phi) is 3.39. The van der Waals surface area contributed by atoms with E-state index in [0.29, 0.717) is 30.0 Å². The number of Topliss-reactive ketones (excluding diaryl/α,β-unsaturated/α-hetero) is 1. The van der Waals surface area contributed by atoms with Crippen molar-refractivity contribution in [3.05, 3.63) is 0 Å². The van der Waals surface area contributed by atoms with Gasteiger partial charge in [-0.25, -0.2) is 0 Å². The molecule has 140 valence electrons. The number of hydrogen-bond acceptors (Lipinski definition) is 4. The third-order valence-electron chi connectivity index (χ3n) is 9.47. The van der Waals surface area contributed by atoms with Gasteiger partial charge in [-0.3, -0.25) is 9.69 Å². The van der Waals surface area contributed by atoms with Gasteiger partial charge in [0.05, 0.1) is 11.7 Å². The van der Waals surface area contributed by atoms with Gasteiger partial charge in [0.25, 0.3) is 0 Å². The van der Waals surface area contributed by atoms with Crippen molar-refractivity contribution in [3.63, 3.8) is 0 Å². The maximum atomic E-state index is 12.6. The molecule has 1 heterocycles. The van der Waals surface area contributed by atoms with E-state index in [2.05, 4.69) is 18.7 Å². The van der Waals surface area contributed by atoms with Crippen LogP contribution in [0.5, 0.6) is 0 Å². The van der Waals surface area contributed by atoms with Crippen LogP contribution in [0, 0.1) is 28.6 Å². The van der Waals surface area contributed by atoms with E-state index in [4.69, 9.17) is 0 Å². The lowest BCUT2D eigenvalue weighted by molar-refractivity contribution is -0.239. The fourth-order valence-corrected chi connectivity index (χ4v) is 7.85. The van der Waals surface area contributed by atoms with Crippen molar-refractivity contribution in [1.82, 2.24) is 4.90 Å². The van der Waals surface area contributed by atoms with Crippen LogP contribution < -0.4 is 0 Å². The lowest BCUT2D eigenvalue weighted by Gasteiger charge is -2.66. The van der Waals surface area contributed by atoms with Gasteiger partial charge in [0.1, 0.15) is 5.78 Å². The van der Waals surface area contributed by atoms with Gasteiger partial charge in [-0.15, -0.1) is 0 Å². The first-order chi connectivity index (χ1) is 11.8. The van der Waals surface area contributed by atoms with Gasteiger partial charge >= 0.3 is 0 Å².